The lowest BCUT2D eigenvalue weighted by atomic mass is 10.1. The summed E-state index contributed by atoms with van der Waals surface area (Å²) in [5, 5.41) is 2.29. The number of carbonyl (C=O) groups is 2. The monoisotopic (exact) mass is 551 g/mol. The van der Waals surface area contributed by atoms with Crippen molar-refractivity contribution in [3.05, 3.63) is 41.6 Å². The Labute approximate surface area is 212 Å². The fourth-order valence-corrected chi connectivity index (χ4v) is 3.79. The minimum atomic E-state index is -4.88. The highest BCUT2D eigenvalue weighted by Crippen LogP contribution is 2.34. The molecule has 15 heteroatoms. The molecule has 3 rings (SSSR count). The van der Waals surface area contributed by atoms with Crippen LogP contribution in [0.5, 0.6) is 0 Å². The summed E-state index contributed by atoms with van der Waals surface area (Å²) in [5.41, 5.74) is -2.89. The van der Waals surface area contributed by atoms with Gasteiger partial charge in [-0.05, 0) is 39.3 Å². The summed E-state index contributed by atoms with van der Waals surface area (Å²) in [6, 6.07) is -1.43. The van der Waals surface area contributed by atoms with Gasteiger partial charge >= 0.3 is 18.4 Å². The fourth-order valence-electron chi connectivity index (χ4n) is 3.79. The number of hydrogen-bond donors (Lipinski definition) is 1. The van der Waals surface area contributed by atoms with Crippen molar-refractivity contribution in [1.29, 1.82) is 0 Å². The summed E-state index contributed by atoms with van der Waals surface area (Å²) >= 11 is 0. The zero-order valence-corrected chi connectivity index (χ0v) is 20.6. The van der Waals surface area contributed by atoms with Gasteiger partial charge in [0.15, 0.2) is 0 Å². The number of nitrogens with one attached hydrogen (secondary N) is 1. The number of likely N-dealkylation sites (tertiary alicyclic amines) is 1. The third-order valence-electron chi connectivity index (χ3n) is 5.60. The zero-order valence-electron chi connectivity index (χ0n) is 20.6. The van der Waals surface area contributed by atoms with Crippen LogP contribution in [-0.2, 0) is 28.4 Å². The minimum Gasteiger partial charge on any atom is -0.444 e. The lowest BCUT2D eigenvalue weighted by Crippen LogP contribution is -2.50. The number of ether oxygens (including phenoxy) is 1. The molecule has 1 aliphatic rings. The van der Waals surface area contributed by atoms with Gasteiger partial charge in [0.05, 0.1) is 17.3 Å². The normalized spacial score (nSPS) is 20.4. The highest BCUT2D eigenvalue weighted by molar-refractivity contribution is 5.86. The molecular weight excluding hydrogens is 527 g/mol. The Morgan fingerprint density at radius 2 is 1.63 bits per heavy atom. The van der Waals surface area contributed by atoms with Crippen LogP contribution >= 0.6 is 0 Å². The van der Waals surface area contributed by atoms with Crippen molar-refractivity contribution in [2.45, 2.75) is 76.9 Å². The van der Waals surface area contributed by atoms with Crippen molar-refractivity contribution >= 4 is 12.0 Å². The van der Waals surface area contributed by atoms with E-state index in [0.29, 0.717) is 6.20 Å². The molecule has 1 N–H and O–H groups in total. The standard InChI is InChI=1S/C23H24F7N5O3/c1-11-15(24)6-17(35(11)20(37)38-21(2,3)4)18(36)32-7-12-5-16(31-10-14(12)22(25,26)27)13-8-33-19(34-9-13)23(28,29)30/h5,8-11,15,17H,6-7H2,1-4H3,(H,32,36)/t11-,15-,17-/m1/s1. The van der Waals surface area contributed by atoms with E-state index in [-0.39, 0.29) is 17.7 Å². The van der Waals surface area contributed by atoms with E-state index in [1.165, 1.54) is 6.92 Å². The number of alkyl halides is 7. The third kappa shape index (κ3) is 6.67. The molecule has 0 bridgehead atoms. The molecule has 8 nitrogen and oxygen atoms in total. The van der Waals surface area contributed by atoms with Crippen LogP contribution < -0.4 is 5.32 Å². The maximum Gasteiger partial charge on any atom is 0.451 e. The second kappa shape index (κ2) is 10.3. The van der Waals surface area contributed by atoms with Gasteiger partial charge in [-0.3, -0.25) is 14.7 Å². The summed E-state index contributed by atoms with van der Waals surface area (Å²) < 4.78 is 98.6. The van der Waals surface area contributed by atoms with Gasteiger partial charge in [0.25, 0.3) is 0 Å². The molecule has 2 aromatic rings. The van der Waals surface area contributed by atoms with Gasteiger partial charge in [0.2, 0.25) is 11.7 Å². The van der Waals surface area contributed by atoms with Gasteiger partial charge < -0.3 is 10.1 Å². The largest absolute Gasteiger partial charge is 0.451 e. The first-order chi connectivity index (χ1) is 17.4. The molecule has 3 heterocycles. The number of aromatic nitrogens is 3. The Morgan fingerprint density at radius 1 is 1.03 bits per heavy atom. The van der Waals surface area contributed by atoms with Gasteiger partial charge in [-0.15, -0.1) is 0 Å². The van der Waals surface area contributed by atoms with Crippen LogP contribution in [0.4, 0.5) is 35.5 Å². The molecule has 0 aromatic carbocycles. The van der Waals surface area contributed by atoms with Gasteiger partial charge in [-0.1, -0.05) is 0 Å². The smallest absolute Gasteiger partial charge is 0.444 e. The average molecular weight is 551 g/mol. The summed E-state index contributed by atoms with van der Waals surface area (Å²) in [5.74, 6) is -2.35. The van der Waals surface area contributed by atoms with Gasteiger partial charge in [-0.25, -0.2) is 19.2 Å². The molecule has 1 aliphatic heterocycles. The summed E-state index contributed by atoms with van der Waals surface area (Å²) in [4.78, 5) is 36.4. The number of halogens is 7. The highest BCUT2D eigenvalue weighted by Gasteiger charge is 2.47. The van der Waals surface area contributed by atoms with Crippen molar-refractivity contribution in [2.75, 3.05) is 0 Å². The van der Waals surface area contributed by atoms with Crippen LogP contribution in [0.15, 0.2) is 24.7 Å². The molecule has 0 saturated carbocycles. The molecule has 0 unspecified atom stereocenters. The molecule has 0 aliphatic carbocycles. The Balaban J connectivity index is 1.85. The van der Waals surface area contributed by atoms with E-state index in [1.807, 2.05) is 0 Å². The average Bonchev–Trinajstić information content (AvgIpc) is 3.09. The first kappa shape index (κ1) is 29.0. The SMILES string of the molecule is C[C@@H]1[C@H](F)C[C@H](C(=O)NCc2cc(-c3cnc(C(F)(F)F)nc3)ncc2C(F)(F)F)N1C(=O)OC(C)(C)C. The third-order valence-corrected chi connectivity index (χ3v) is 5.60. The molecule has 1 saturated heterocycles. The van der Waals surface area contributed by atoms with E-state index in [4.69, 9.17) is 4.74 Å². The highest BCUT2D eigenvalue weighted by atomic mass is 19.4. The van der Waals surface area contributed by atoms with Crippen molar-refractivity contribution in [1.82, 2.24) is 25.2 Å². The fraction of sp³-hybridized carbons (Fsp3) is 0.522. The van der Waals surface area contributed by atoms with Gasteiger partial charge in [0.1, 0.15) is 17.8 Å². The number of rotatable bonds is 4. The van der Waals surface area contributed by atoms with Crippen LogP contribution in [0.2, 0.25) is 0 Å². The molecule has 3 atom stereocenters. The summed E-state index contributed by atoms with van der Waals surface area (Å²) in [6.45, 7) is 5.42. The first-order valence-electron chi connectivity index (χ1n) is 11.3. The van der Waals surface area contributed by atoms with Crippen LogP contribution in [0, 0.1) is 0 Å². The van der Waals surface area contributed by atoms with E-state index >= 15 is 0 Å². The predicted molar refractivity (Wildman–Crippen MR) is 118 cm³/mol. The Hall–Kier alpha value is -3.52. The molecule has 1 fully saturated rings. The molecule has 0 spiro atoms. The predicted octanol–water partition coefficient (Wildman–Crippen LogP) is 4.93. The number of pyridine rings is 1. The molecule has 2 aromatic heterocycles. The Bertz CT molecular complexity index is 1180. The van der Waals surface area contributed by atoms with E-state index in [1.54, 1.807) is 20.8 Å². The van der Waals surface area contributed by atoms with Crippen LogP contribution in [0.1, 0.15) is 51.1 Å². The number of carbonyl (C=O) groups excluding carboxylic acids is 2. The zero-order chi connectivity index (χ0) is 28.6. The Morgan fingerprint density at radius 3 is 2.16 bits per heavy atom. The van der Waals surface area contributed by atoms with Crippen molar-refractivity contribution in [3.63, 3.8) is 0 Å². The molecule has 2 amide bonds. The second-order valence-corrected chi connectivity index (χ2v) is 9.63. The molecule has 208 valence electrons. The van der Waals surface area contributed by atoms with E-state index < -0.39 is 71.7 Å². The molecule has 38 heavy (non-hydrogen) atoms. The van der Waals surface area contributed by atoms with E-state index in [0.717, 1.165) is 23.4 Å². The maximum atomic E-state index is 14.4. The van der Waals surface area contributed by atoms with Crippen LogP contribution in [0.25, 0.3) is 11.3 Å². The number of hydrogen-bond acceptors (Lipinski definition) is 6. The second-order valence-electron chi connectivity index (χ2n) is 9.63. The quantitative estimate of drug-likeness (QED) is 0.542. The van der Waals surface area contributed by atoms with Crippen LogP contribution in [0.3, 0.4) is 0 Å². The van der Waals surface area contributed by atoms with E-state index in [2.05, 4.69) is 20.3 Å². The van der Waals surface area contributed by atoms with Crippen LogP contribution in [-0.4, -0.2) is 55.7 Å². The molecular formula is C23H24F7N5O3. The maximum absolute atomic E-state index is 14.4. The topological polar surface area (TPSA) is 97.3 Å². The van der Waals surface area contributed by atoms with Crippen molar-refractivity contribution < 1.29 is 45.1 Å². The number of amides is 2. The summed E-state index contributed by atoms with van der Waals surface area (Å²) in [7, 11) is 0. The summed E-state index contributed by atoms with van der Waals surface area (Å²) in [6.07, 6.45) is -10.6. The lowest BCUT2D eigenvalue weighted by Gasteiger charge is -2.30. The molecule has 0 radical (unpaired) electrons. The van der Waals surface area contributed by atoms with Crippen molar-refractivity contribution in [3.8, 4) is 11.3 Å². The van der Waals surface area contributed by atoms with Crippen molar-refractivity contribution in [2.24, 2.45) is 0 Å². The minimum absolute atomic E-state index is 0.0970. The Kier molecular flexibility index (Phi) is 7.89. The lowest BCUT2D eigenvalue weighted by molar-refractivity contribution is -0.145. The van der Waals surface area contributed by atoms with Gasteiger partial charge in [0, 0.05) is 37.1 Å². The first-order valence-corrected chi connectivity index (χ1v) is 11.3. The van der Waals surface area contributed by atoms with Gasteiger partial charge in [-0.2, -0.15) is 26.3 Å². The number of nitrogens with zero attached hydrogens (tertiary/aromatic N) is 4. The van der Waals surface area contributed by atoms with E-state index in [9.17, 15) is 40.3 Å².